The summed E-state index contributed by atoms with van der Waals surface area (Å²) in [6.07, 6.45) is 3.45. The summed E-state index contributed by atoms with van der Waals surface area (Å²) >= 11 is 0. The van der Waals surface area contributed by atoms with E-state index in [1.54, 1.807) is 0 Å². The lowest BCUT2D eigenvalue weighted by atomic mass is 9.80. The average molecular weight is 245 g/mol. The predicted octanol–water partition coefficient (Wildman–Crippen LogP) is 4.15. The molecule has 0 saturated heterocycles. The van der Waals surface area contributed by atoms with Gasteiger partial charge in [-0.1, -0.05) is 12.5 Å². The molecule has 0 bridgehead atoms. The van der Waals surface area contributed by atoms with E-state index in [9.17, 15) is 8.78 Å². The Morgan fingerprint density at radius 2 is 2.00 bits per heavy atom. The first-order valence-electron chi connectivity index (χ1n) is 6.70. The molecule has 0 aromatic carbocycles. The molecule has 3 heteroatoms. The van der Waals surface area contributed by atoms with Gasteiger partial charge in [0.25, 0.3) is 0 Å². The van der Waals surface area contributed by atoms with Gasteiger partial charge in [0.2, 0.25) is 5.92 Å². The Labute approximate surface area is 104 Å². The van der Waals surface area contributed by atoms with Crippen LogP contribution in [0.5, 0.6) is 0 Å². The number of hydrogen-bond donors (Lipinski definition) is 1. The van der Waals surface area contributed by atoms with Crippen LogP contribution in [0.3, 0.4) is 0 Å². The fraction of sp³-hybridized carbons (Fsp3) is 0.857. The molecule has 100 valence electrons. The maximum atomic E-state index is 13.1. The van der Waals surface area contributed by atoms with Gasteiger partial charge in [-0.15, -0.1) is 6.58 Å². The Kier molecular flexibility index (Phi) is 5.57. The van der Waals surface area contributed by atoms with E-state index in [4.69, 9.17) is 0 Å². The van der Waals surface area contributed by atoms with Crippen LogP contribution in [0.15, 0.2) is 12.2 Å². The zero-order valence-electron chi connectivity index (χ0n) is 11.1. The minimum atomic E-state index is -2.42. The Morgan fingerprint density at radius 1 is 1.41 bits per heavy atom. The maximum absolute atomic E-state index is 13.1. The first-order chi connectivity index (χ1) is 7.94. The molecule has 1 saturated carbocycles. The molecular formula is C14H25F2N. The van der Waals surface area contributed by atoms with Crippen molar-refractivity contribution in [3.05, 3.63) is 12.2 Å². The molecule has 1 atom stereocenters. The SMILES string of the molecule is C=C(C)CCC(NCC)C1CCC(F)(F)CC1. The molecule has 1 nitrogen and oxygen atoms in total. The van der Waals surface area contributed by atoms with E-state index in [0.29, 0.717) is 24.8 Å². The second-order valence-electron chi connectivity index (χ2n) is 5.35. The molecule has 0 radical (unpaired) electrons. The van der Waals surface area contributed by atoms with Crippen molar-refractivity contribution in [3.63, 3.8) is 0 Å². The molecule has 1 rings (SSSR count). The first kappa shape index (κ1) is 14.6. The Balaban J connectivity index is 2.44. The highest BCUT2D eigenvalue weighted by Crippen LogP contribution is 2.38. The van der Waals surface area contributed by atoms with Crippen molar-refractivity contribution < 1.29 is 8.78 Å². The summed E-state index contributed by atoms with van der Waals surface area (Å²) in [5.41, 5.74) is 1.18. The van der Waals surface area contributed by atoms with Gasteiger partial charge >= 0.3 is 0 Å². The van der Waals surface area contributed by atoms with E-state index in [1.807, 2.05) is 6.92 Å². The second kappa shape index (κ2) is 6.48. The van der Waals surface area contributed by atoms with Gasteiger partial charge in [-0.2, -0.15) is 0 Å². The quantitative estimate of drug-likeness (QED) is 0.693. The van der Waals surface area contributed by atoms with Crippen molar-refractivity contribution in [3.8, 4) is 0 Å². The average Bonchev–Trinajstić information content (AvgIpc) is 2.24. The fourth-order valence-electron chi connectivity index (χ4n) is 2.63. The number of hydrogen-bond acceptors (Lipinski definition) is 1. The highest BCUT2D eigenvalue weighted by molar-refractivity contribution is 4.92. The van der Waals surface area contributed by atoms with Gasteiger partial charge in [-0.3, -0.25) is 0 Å². The van der Waals surface area contributed by atoms with E-state index in [0.717, 1.165) is 19.4 Å². The van der Waals surface area contributed by atoms with Gasteiger partial charge in [-0.05, 0) is 45.1 Å². The van der Waals surface area contributed by atoms with Crippen LogP contribution in [0.1, 0.15) is 52.4 Å². The zero-order chi connectivity index (χ0) is 12.9. The summed E-state index contributed by atoms with van der Waals surface area (Å²) in [5, 5.41) is 3.45. The van der Waals surface area contributed by atoms with E-state index in [-0.39, 0.29) is 12.8 Å². The van der Waals surface area contributed by atoms with E-state index in [1.165, 1.54) is 5.57 Å². The van der Waals surface area contributed by atoms with Crippen molar-refractivity contribution in [1.82, 2.24) is 5.32 Å². The van der Waals surface area contributed by atoms with Crippen molar-refractivity contribution in [1.29, 1.82) is 0 Å². The molecule has 0 aliphatic heterocycles. The third kappa shape index (κ3) is 5.15. The molecule has 1 fully saturated rings. The van der Waals surface area contributed by atoms with Gasteiger partial charge in [0.05, 0.1) is 0 Å². The van der Waals surface area contributed by atoms with Crippen LogP contribution in [-0.4, -0.2) is 18.5 Å². The Bertz CT molecular complexity index is 241. The molecule has 0 aromatic heterocycles. The van der Waals surface area contributed by atoms with Gasteiger partial charge in [0.15, 0.2) is 0 Å². The number of nitrogens with one attached hydrogen (secondary N) is 1. The van der Waals surface area contributed by atoms with Crippen LogP contribution in [0, 0.1) is 5.92 Å². The highest BCUT2D eigenvalue weighted by atomic mass is 19.3. The zero-order valence-corrected chi connectivity index (χ0v) is 11.1. The monoisotopic (exact) mass is 245 g/mol. The minimum Gasteiger partial charge on any atom is -0.314 e. The number of halogens is 2. The largest absolute Gasteiger partial charge is 0.314 e. The van der Waals surface area contributed by atoms with Crippen LogP contribution in [0.4, 0.5) is 8.78 Å². The van der Waals surface area contributed by atoms with Crippen LogP contribution in [-0.2, 0) is 0 Å². The summed E-state index contributed by atoms with van der Waals surface area (Å²) in [5.74, 6) is -2.00. The molecular weight excluding hydrogens is 220 g/mol. The van der Waals surface area contributed by atoms with E-state index in [2.05, 4.69) is 18.8 Å². The standard InChI is InChI=1S/C14H25F2N/c1-4-17-13(6-5-11(2)3)12-7-9-14(15,16)10-8-12/h12-13,17H,2,4-10H2,1,3H3. The predicted molar refractivity (Wildman–Crippen MR) is 68.4 cm³/mol. The lowest BCUT2D eigenvalue weighted by molar-refractivity contribution is -0.0497. The lowest BCUT2D eigenvalue weighted by Gasteiger charge is -2.34. The molecule has 1 aliphatic rings. The van der Waals surface area contributed by atoms with Crippen LogP contribution in [0.2, 0.25) is 0 Å². The third-order valence-electron chi connectivity index (χ3n) is 3.68. The second-order valence-corrected chi connectivity index (χ2v) is 5.35. The summed E-state index contributed by atoms with van der Waals surface area (Å²) in [7, 11) is 0. The third-order valence-corrected chi connectivity index (χ3v) is 3.68. The first-order valence-corrected chi connectivity index (χ1v) is 6.70. The van der Waals surface area contributed by atoms with Crippen molar-refractivity contribution in [2.45, 2.75) is 64.3 Å². The Morgan fingerprint density at radius 3 is 2.47 bits per heavy atom. The number of allylic oxidation sites excluding steroid dienone is 1. The summed E-state index contributed by atoms with van der Waals surface area (Å²) in [4.78, 5) is 0. The molecule has 17 heavy (non-hydrogen) atoms. The molecule has 1 N–H and O–H groups in total. The molecule has 0 spiro atoms. The van der Waals surface area contributed by atoms with Crippen molar-refractivity contribution >= 4 is 0 Å². The molecule has 0 aromatic rings. The van der Waals surface area contributed by atoms with Gasteiger partial charge in [-0.25, -0.2) is 8.78 Å². The lowest BCUT2D eigenvalue weighted by Crippen LogP contribution is -2.40. The molecule has 1 aliphatic carbocycles. The maximum Gasteiger partial charge on any atom is 0.248 e. The number of alkyl halides is 2. The summed E-state index contributed by atoms with van der Waals surface area (Å²) in [6, 6.07) is 0.382. The van der Waals surface area contributed by atoms with Crippen LogP contribution in [0.25, 0.3) is 0 Å². The highest BCUT2D eigenvalue weighted by Gasteiger charge is 2.37. The van der Waals surface area contributed by atoms with Gasteiger partial charge in [0, 0.05) is 18.9 Å². The van der Waals surface area contributed by atoms with E-state index >= 15 is 0 Å². The van der Waals surface area contributed by atoms with Crippen LogP contribution < -0.4 is 5.32 Å². The van der Waals surface area contributed by atoms with Gasteiger partial charge < -0.3 is 5.32 Å². The molecule has 0 amide bonds. The van der Waals surface area contributed by atoms with E-state index < -0.39 is 5.92 Å². The Hall–Kier alpha value is -0.440. The van der Waals surface area contributed by atoms with Gasteiger partial charge in [0.1, 0.15) is 0 Å². The fourth-order valence-corrected chi connectivity index (χ4v) is 2.63. The summed E-state index contributed by atoms with van der Waals surface area (Å²) < 4.78 is 26.2. The molecule has 0 heterocycles. The molecule has 1 unspecified atom stereocenters. The normalized spacial score (nSPS) is 22.4. The van der Waals surface area contributed by atoms with Crippen molar-refractivity contribution in [2.24, 2.45) is 5.92 Å². The topological polar surface area (TPSA) is 12.0 Å². The minimum absolute atomic E-state index is 0.0621. The number of rotatable bonds is 6. The smallest absolute Gasteiger partial charge is 0.248 e. The van der Waals surface area contributed by atoms with Crippen LogP contribution >= 0.6 is 0 Å². The van der Waals surface area contributed by atoms with Crippen molar-refractivity contribution in [2.75, 3.05) is 6.54 Å². The summed E-state index contributed by atoms with van der Waals surface area (Å²) in [6.45, 7) is 8.92.